The van der Waals surface area contributed by atoms with E-state index in [1.807, 2.05) is 16.7 Å². The monoisotopic (exact) mass is 449 g/mol. The lowest BCUT2D eigenvalue weighted by molar-refractivity contribution is 0.550. The second kappa shape index (κ2) is 9.65. The Hall–Kier alpha value is -4.00. The molecule has 0 aliphatic carbocycles. The first-order valence-corrected chi connectivity index (χ1v) is 10.2. The molecule has 0 radical (unpaired) electrons. The van der Waals surface area contributed by atoms with Gasteiger partial charge in [-0.1, -0.05) is 36.4 Å². The molecule has 0 saturated heterocycles. The summed E-state index contributed by atoms with van der Waals surface area (Å²) < 4.78 is 56.6. The number of rotatable bonds is 6. The van der Waals surface area contributed by atoms with Crippen molar-refractivity contribution in [1.82, 2.24) is 14.5 Å². The Balaban J connectivity index is 1.52. The van der Waals surface area contributed by atoms with Crippen LogP contribution in [0.15, 0.2) is 90.8 Å². The van der Waals surface area contributed by atoms with E-state index in [0.717, 1.165) is 23.8 Å². The molecule has 7 heteroatoms. The van der Waals surface area contributed by atoms with E-state index in [1.165, 1.54) is 18.2 Å². The number of aromatic nitrogens is 3. The molecule has 0 unspecified atom stereocenters. The van der Waals surface area contributed by atoms with Gasteiger partial charge in [0.05, 0.1) is 5.69 Å². The van der Waals surface area contributed by atoms with Gasteiger partial charge in [-0.25, -0.2) is 27.5 Å². The Morgan fingerprint density at radius 1 is 0.939 bits per heavy atom. The van der Waals surface area contributed by atoms with E-state index in [0.29, 0.717) is 29.1 Å². The first-order valence-electron chi connectivity index (χ1n) is 10.2. The van der Waals surface area contributed by atoms with Gasteiger partial charge in [-0.2, -0.15) is 0 Å². The molecule has 4 rings (SSSR count). The number of benzene rings is 2. The fraction of sp³-hybridized carbons (Fsp3) is 0.0769. The highest BCUT2D eigenvalue weighted by atomic mass is 19.2. The molecule has 2 heterocycles. The van der Waals surface area contributed by atoms with Crippen LogP contribution in [-0.4, -0.2) is 14.5 Å². The summed E-state index contributed by atoms with van der Waals surface area (Å²) in [7, 11) is 0. The molecule has 2 aliphatic rings. The van der Waals surface area contributed by atoms with Crippen LogP contribution in [0.5, 0.6) is 0 Å². The standard InChI is InChI=1S/C26H19F4N3/c1-2-3-4-21(28)23(30)14-26-31-24-11-12-33(16-25(24)32-26)15-17-5-7-18(8-6-17)20-10-9-19(27)13-22(20)29/h2-14,16H,15H2,1H3/b3-2-,21-4+,23-14-. The fourth-order valence-corrected chi connectivity index (χ4v) is 3.30. The minimum Gasteiger partial charge on any atom is -0.348 e. The number of hydrogen-bond acceptors (Lipinski definition) is 2. The average Bonchev–Trinajstić information content (AvgIpc) is 3.19. The van der Waals surface area contributed by atoms with Crippen LogP contribution in [0.4, 0.5) is 17.6 Å². The Bertz CT molecular complexity index is 1330. The van der Waals surface area contributed by atoms with Crippen LogP contribution in [-0.2, 0) is 6.54 Å². The third-order valence-corrected chi connectivity index (χ3v) is 4.92. The first-order chi connectivity index (χ1) is 15.9. The van der Waals surface area contributed by atoms with E-state index in [-0.39, 0.29) is 5.82 Å². The van der Waals surface area contributed by atoms with Crippen molar-refractivity contribution >= 4 is 6.08 Å². The van der Waals surface area contributed by atoms with E-state index in [2.05, 4.69) is 9.97 Å². The molecule has 0 spiro atoms. The second-order valence-corrected chi connectivity index (χ2v) is 7.32. The zero-order chi connectivity index (χ0) is 23.4. The second-order valence-electron chi connectivity index (χ2n) is 7.32. The van der Waals surface area contributed by atoms with Gasteiger partial charge in [0.25, 0.3) is 0 Å². The van der Waals surface area contributed by atoms with Crippen LogP contribution >= 0.6 is 0 Å². The normalized spacial score (nSPS) is 12.8. The van der Waals surface area contributed by atoms with Crippen molar-refractivity contribution in [2.75, 3.05) is 0 Å². The van der Waals surface area contributed by atoms with Crippen LogP contribution in [0.25, 0.3) is 28.6 Å². The number of imidazole rings is 1. The minimum absolute atomic E-state index is 0.0787. The van der Waals surface area contributed by atoms with Crippen LogP contribution in [0, 0.1) is 11.6 Å². The van der Waals surface area contributed by atoms with Gasteiger partial charge in [0.15, 0.2) is 17.5 Å². The van der Waals surface area contributed by atoms with Gasteiger partial charge < -0.3 is 4.57 Å². The molecule has 0 N–H and O–H groups in total. The van der Waals surface area contributed by atoms with Gasteiger partial charge in [0.1, 0.15) is 17.3 Å². The summed E-state index contributed by atoms with van der Waals surface area (Å²) in [5.74, 6) is -3.20. The Morgan fingerprint density at radius 3 is 2.42 bits per heavy atom. The van der Waals surface area contributed by atoms with E-state index >= 15 is 0 Å². The zero-order valence-electron chi connectivity index (χ0n) is 17.6. The van der Waals surface area contributed by atoms with E-state index < -0.39 is 23.3 Å². The topological polar surface area (TPSA) is 30.7 Å². The number of halogens is 4. The molecule has 0 amide bonds. The van der Waals surface area contributed by atoms with Crippen molar-refractivity contribution in [3.05, 3.63) is 114 Å². The lowest BCUT2D eigenvalue weighted by Gasteiger charge is -2.09. The van der Waals surface area contributed by atoms with Gasteiger partial charge in [0.2, 0.25) is 0 Å². The quantitative estimate of drug-likeness (QED) is 0.232. The predicted molar refractivity (Wildman–Crippen MR) is 121 cm³/mol. The summed E-state index contributed by atoms with van der Waals surface area (Å²) >= 11 is 0. The molecule has 2 aromatic rings. The van der Waals surface area contributed by atoms with E-state index in [4.69, 9.17) is 0 Å². The third-order valence-electron chi connectivity index (χ3n) is 4.92. The predicted octanol–water partition coefficient (Wildman–Crippen LogP) is 7.12. The number of pyridine rings is 1. The largest absolute Gasteiger partial charge is 0.348 e. The maximum absolute atomic E-state index is 14.0. The maximum atomic E-state index is 14.0. The first kappa shape index (κ1) is 22.2. The van der Waals surface area contributed by atoms with Crippen molar-refractivity contribution in [2.45, 2.75) is 13.5 Å². The van der Waals surface area contributed by atoms with Crippen LogP contribution < -0.4 is 0 Å². The molecule has 0 saturated carbocycles. The lowest BCUT2D eigenvalue weighted by Crippen LogP contribution is -2.01. The number of fused-ring (bicyclic) bond motifs is 1. The summed E-state index contributed by atoms with van der Waals surface area (Å²) in [6, 6.07) is 12.5. The Labute approximate surface area is 188 Å². The maximum Gasteiger partial charge on any atom is 0.162 e. The van der Waals surface area contributed by atoms with Crippen molar-refractivity contribution in [3.8, 4) is 22.5 Å². The Morgan fingerprint density at radius 2 is 1.70 bits per heavy atom. The van der Waals surface area contributed by atoms with Gasteiger partial charge in [-0.05, 0) is 42.3 Å². The summed E-state index contributed by atoms with van der Waals surface area (Å²) in [4.78, 5) is 8.46. The highest BCUT2D eigenvalue weighted by Gasteiger charge is 2.12. The molecule has 2 aliphatic heterocycles. The molecular formula is C26H19F4N3. The zero-order valence-corrected chi connectivity index (χ0v) is 17.6. The summed E-state index contributed by atoms with van der Waals surface area (Å²) in [6.45, 7) is 2.21. The van der Waals surface area contributed by atoms with Crippen molar-refractivity contribution in [1.29, 1.82) is 0 Å². The summed E-state index contributed by atoms with van der Waals surface area (Å²) in [5, 5.41) is 0. The lowest BCUT2D eigenvalue weighted by atomic mass is 10.0. The number of hydrogen-bond donors (Lipinski definition) is 0. The van der Waals surface area contributed by atoms with Crippen LogP contribution in [0.3, 0.4) is 0 Å². The molecular weight excluding hydrogens is 430 g/mol. The highest BCUT2D eigenvalue weighted by Crippen LogP contribution is 2.25. The van der Waals surface area contributed by atoms with Crippen LogP contribution in [0.2, 0.25) is 0 Å². The summed E-state index contributed by atoms with van der Waals surface area (Å²) in [5.41, 5.74) is 3.03. The molecule has 0 fully saturated rings. The molecule has 2 aromatic carbocycles. The molecule has 0 bridgehead atoms. The van der Waals surface area contributed by atoms with E-state index in [1.54, 1.807) is 43.6 Å². The van der Waals surface area contributed by atoms with Gasteiger partial charge in [0, 0.05) is 36.6 Å². The third kappa shape index (κ3) is 5.26. The Kier molecular flexibility index (Phi) is 6.49. The van der Waals surface area contributed by atoms with Gasteiger partial charge in [-0.3, -0.25) is 0 Å². The van der Waals surface area contributed by atoms with Crippen molar-refractivity contribution in [2.24, 2.45) is 0 Å². The smallest absolute Gasteiger partial charge is 0.162 e. The highest BCUT2D eigenvalue weighted by molar-refractivity contribution is 5.64. The molecule has 166 valence electrons. The molecule has 3 nitrogen and oxygen atoms in total. The minimum atomic E-state index is -1.05. The molecule has 0 atom stereocenters. The molecule has 0 aromatic heterocycles. The van der Waals surface area contributed by atoms with Gasteiger partial charge in [-0.15, -0.1) is 0 Å². The van der Waals surface area contributed by atoms with Crippen molar-refractivity contribution < 1.29 is 17.6 Å². The SMILES string of the molecule is C\C=C/C=C(F)\C(F)=C\c1nc2ccn(Cc3ccc(-c4ccc(F)cc4F)cc3)cc-2n1. The van der Waals surface area contributed by atoms with E-state index in [9.17, 15) is 17.6 Å². The summed E-state index contributed by atoms with van der Waals surface area (Å²) in [6.07, 6.45) is 8.54. The average molecular weight is 449 g/mol. The van der Waals surface area contributed by atoms with Gasteiger partial charge >= 0.3 is 0 Å². The van der Waals surface area contributed by atoms with Crippen LogP contribution in [0.1, 0.15) is 18.3 Å². The van der Waals surface area contributed by atoms with Crippen molar-refractivity contribution in [3.63, 3.8) is 0 Å². The molecule has 33 heavy (non-hydrogen) atoms. The fourth-order valence-electron chi connectivity index (χ4n) is 3.30. The number of nitrogens with zero attached hydrogens (tertiary/aromatic N) is 3. The number of allylic oxidation sites excluding steroid dienone is 5.